The Labute approximate surface area is 145 Å². The van der Waals surface area contributed by atoms with Crippen molar-refractivity contribution < 1.29 is 13.2 Å². The second kappa shape index (κ2) is 8.44. The summed E-state index contributed by atoms with van der Waals surface area (Å²) in [5.41, 5.74) is 2.88. The van der Waals surface area contributed by atoms with Crippen LogP contribution in [-0.2, 0) is 14.8 Å². The Hall–Kier alpha value is -1.66. The highest BCUT2D eigenvalue weighted by Gasteiger charge is 2.21. The van der Waals surface area contributed by atoms with Crippen molar-refractivity contribution in [2.75, 3.05) is 24.7 Å². The second-order valence-corrected chi connectivity index (χ2v) is 8.50. The standard InChI is InChI=1S/C18H28N2O3S/c1-7-11-20(24(6,22)23)12-17(21)19-18-15(13(2)3)9-8-10-16(18)14(4)5/h7-10,13-14H,1,11-12H2,2-6H3,(H,19,21). The highest BCUT2D eigenvalue weighted by atomic mass is 32.2. The van der Waals surface area contributed by atoms with Gasteiger partial charge in [-0.3, -0.25) is 4.79 Å². The molecule has 0 bridgehead atoms. The zero-order valence-electron chi connectivity index (χ0n) is 15.2. The molecule has 0 aromatic heterocycles. The molecule has 134 valence electrons. The number of carbonyl (C=O) groups excluding carboxylic acids is 1. The number of para-hydroxylation sites is 1. The van der Waals surface area contributed by atoms with Crippen LogP contribution in [0.4, 0.5) is 5.69 Å². The van der Waals surface area contributed by atoms with E-state index in [4.69, 9.17) is 0 Å². The lowest BCUT2D eigenvalue weighted by Crippen LogP contribution is -2.37. The molecule has 1 N–H and O–H groups in total. The van der Waals surface area contributed by atoms with Crippen molar-refractivity contribution in [2.45, 2.75) is 39.5 Å². The molecule has 1 rings (SSSR count). The molecule has 1 aromatic rings. The fraction of sp³-hybridized carbons (Fsp3) is 0.500. The van der Waals surface area contributed by atoms with Crippen molar-refractivity contribution in [1.82, 2.24) is 4.31 Å². The summed E-state index contributed by atoms with van der Waals surface area (Å²) in [5, 5.41) is 2.92. The van der Waals surface area contributed by atoms with Crippen LogP contribution in [0.25, 0.3) is 0 Å². The van der Waals surface area contributed by atoms with E-state index in [1.54, 1.807) is 0 Å². The number of anilines is 1. The van der Waals surface area contributed by atoms with Gasteiger partial charge in [-0.2, -0.15) is 4.31 Å². The number of carbonyl (C=O) groups is 1. The summed E-state index contributed by atoms with van der Waals surface area (Å²) in [4.78, 5) is 12.4. The lowest BCUT2D eigenvalue weighted by Gasteiger charge is -2.22. The maximum atomic E-state index is 12.4. The summed E-state index contributed by atoms with van der Waals surface area (Å²) < 4.78 is 24.6. The van der Waals surface area contributed by atoms with E-state index in [1.807, 2.05) is 18.2 Å². The number of rotatable bonds is 8. The van der Waals surface area contributed by atoms with E-state index in [0.29, 0.717) is 0 Å². The Kier molecular flexibility index (Phi) is 7.17. The third-order valence-corrected chi connectivity index (χ3v) is 4.98. The van der Waals surface area contributed by atoms with Gasteiger partial charge in [0.05, 0.1) is 12.8 Å². The Morgan fingerprint density at radius 3 is 2.08 bits per heavy atom. The molecule has 0 spiro atoms. The molecule has 6 heteroatoms. The zero-order chi connectivity index (χ0) is 18.5. The first-order valence-corrected chi connectivity index (χ1v) is 9.91. The molecule has 0 saturated heterocycles. The number of benzene rings is 1. The minimum absolute atomic E-state index is 0.106. The number of nitrogens with zero attached hydrogens (tertiary/aromatic N) is 1. The molecule has 0 saturated carbocycles. The SMILES string of the molecule is C=CCN(CC(=O)Nc1c(C(C)C)cccc1C(C)C)S(C)(=O)=O. The molecule has 0 aliphatic rings. The number of nitrogens with one attached hydrogen (secondary N) is 1. The predicted octanol–water partition coefficient (Wildman–Crippen LogP) is 3.32. The molecule has 0 fully saturated rings. The molecule has 24 heavy (non-hydrogen) atoms. The Morgan fingerprint density at radius 2 is 1.71 bits per heavy atom. The van der Waals surface area contributed by atoms with Crippen LogP contribution in [0.15, 0.2) is 30.9 Å². The van der Waals surface area contributed by atoms with E-state index in [0.717, 1.165) is 27.4 Å². The zero-order valence-corrected chi connectivity index (χ0v) is 16.0. The number of hydrogen-bond donors (Lipinski definition) is 1. The van der Waals surface area contributed by atoms with Crippen LogP contribution >= 0.6 is 0 Å². The summed E-state index contributed by atoms with van der Waals surface area (Å²) in [6.45, 7) is 11.7. The van der Waals surface area contributed by atoms with Crippen molar-refractivity contribution in [2.24, 2.45) is 0 Å². The van der Waals surface area contributed by atoms with Gasteiger partial charge in [-0.05, 0) is 23.0 Å². The minimum atomic E-state index is -3.47. The molecule has 1 aromatic carbocycles. The van der Waals surface area contributed by atoms with Crippen LogP contribution < -0.4 is 5.32 Å². The number of sulfonamides is 1. The van der Waals surface area contributed by atoms with Crippen LogP contribution in [0, 0.1) is 0 Å². The first kappa shape index (κ1) is 20.4. The highest BCUT2D eigenvalue weighted by molar-refractivity contribution is 7.88. The van der Waals surface area contributed by atoms with Crippen molar-refractivity contribution in [3.05, 3.63) is 42.0 Å². The van der Waals surface area contributed by atoms with Crippen molar-refractivity contribution >= 4 is 21.6 Å². The van der Waals surface area contributed by atoms with Crippen LogP contribution in [-0.4, -0.2) is 38.0 Å². The molecule has 0 atom stereocenters. The van der Waals surface area contributed by atoms with Gasteiger partial charge in [0.2, 0.25) is 15.9 Å². The van der Waals surface area contributed by atoms with Crippen molar-refractivity contribution in [1.29, 1.82) is 0 Å². The quantitative estimate of drug-likeness (QED) is 0.730. The first-order chi connectivity index (χ1) is 11.1. The third kappa shape index (κ3) is 5.46. The average molecular weight is 353 g/mol. The summed E-state index contributed by atoms with van der Waals surface area (Å²) in [6, 6.07) is 5.97. The van der Waals surface area contributed by atoms with Gasteiger partial charge in [0.15, 0.2) is 0 Å². The molecular weight excluding hydrogens is 324 g/mol. The second-order valence-electron chi connectivity index (χ2n) is 6.51. The maximum Gasteiger partial charge on any atom is 0.239 e. The fourth-order valence-electron chi connectivity index (χ4n) is 2.50. The molecule has 0 aliphatic carbocycles. The van der Waals surface area contributed by atoms with Gasteiger partial charge in [0.1, 0.15) is 0 Å². The lowest BCUT2D eigenvalue weighted by molar-refractivity contribution is -0.116. The summed E-state index contributed by atoms with van der Waals surface area (Å²) >= 11 is 0. The largest absolute Gasteiger partial charge is 0.324 e. The van der Waals surface area contributed by atoms with Gasteiger partial charge in [-0.25, -0.2) is 8.42 Å². The molecular formula is C18H28N2O3S. The van der Waals surface area contributed by atoms with Crippen LogP contribution in [0.5, 0.6) is 0 Å². The van der Waals surface area contributed by atoms with Gasteiger partial charge in [0.25, 0.3) is 0 Å². The smallest absolute Gasteiger partial charge is 0.239 e. The predicted molar refractivity (Wildman–Crippen MR) is 99.9 cm³/mol. The Balaban J connectivity index is 3.11. The molecule has 1 amide bonds. The normalized spacial score (nSPS) is 12.0. The minimum Gasteiger partial charge on any atom is -0.324 e. The van der Waals surface area contributed by atoms with E-state index in [2.05, 4.69) is 39.6 Å². The fourth-order valence-corrected chi connectivity index (χ4v) is 3.22. The first-order valence-electron chi connectivity index (χ1n) is 8.06. The third-order valence-electron chi connectivity index (χ3n) is 3.76. The Morgan fingerprint density at radius 1 is 1.21 bits per heavy atom. The number of hydrogen-bond acceptors (Lipinski definition) is 3. The van der Waals surface area contributed by atoms with Crippen LogP contribution in [0.2, 0.25) is 0 Å². The highest BCUT2D eigenvalue weighted by Crippen LogP contribution is 2.32. The molecule has 0 unspecified atom stereocenters. The number of amides is 1. The van der Waals surface area contributed by atoms with E-state index in [9.17, 15) is 13.2 Å². The van der Waals surface area contributed by atoms with Gasteiger partial charge in [0, 0.05) is 12.2 Å². The summed E-state index contributed by atoms with van der Waals surface area (Å²) in [7, 11) is -3.47. The summed E-state index contributed by atoms with van der Waals surface area (Å²) in [5.74, 6) is 0.147. The average Bonchev–Trinajstić information content (AvgIpc) is 2.45. The monoisotopic (exact) mass is 352 g/mol. The summed E-state index contributed by atoms with van der Waals surface area (Å²) in [6.07, 6.45) is 2.56. The van der Waals surface area contributed by atoms with Gasteiger partial charge >= 0.3 is 0 Å². The topological polar surface area (TPSA) is 66.5 Å². The molecule has 5 nitrogen and oxygen atoms in total. The Bertz CT molecular complexity index is 668. The van der Waals surface area contributed by atoms with Crippen molar-refractivity contribution in [3.8, 4) is 0 Å². The van der Waals surface area contributed by atoms with Gasteiger partial charge < -0.3 is 5.32 Å². The van der Waals surface area contributed by atoms with Crippen LogP contribution in [0.3, 0.4) is 0 Å². The van der Waals surface area contributed by atoms with E-state index < -0.39 is 10.0 Å². The van der Waals surface area contributed by atoms with E-state index in [1.165, 1.54) is 6.08 Å². The molecule has 0 heterocycles. The van der Waals surface area contributed by atoms with Crippen molar-refractivity contribution in [3.63, 3.8) is 0 Å². The van der Waals surface area contributed by atoms with Gasteiger partial charge in [-0.15, -0.1) is 6.58 Å². The molecule has 0 radical (unpaired) electrons. The van der Waals surface area contributed by atoms with E-state index >= 15 is 0 Å². The van der Waals surface area contributed by atoms with E-state index in [-0.39, 0.29) is 30.8 Å². The van der Waals surface area contributed by atoms with Crippen LogP contribution in [0.1, 0.15) is 50.7 Å². The van der Waals surface area contributed by atoms with Gasteiger partial charge in [-0.1, -0.05) is 52.0 Å². The molecule has 0 aliphatic heterocycles. The maximum absolute atomic E-state index is 12.4. The lowest BCUT2D eigenvalue weighted by atomic mass is 9.92.